The molecule has 76 valence electrons. The molecule has 0 bridgehead atoms. The first-order valence-corrected chi connectivity index (χ1v) is 5.32. The van der Waals surface area contributed by atoms with E-state index < -0.39 is 4.84 Å². The molecule has 0 aliphatic carbocycles. The summed E-state index contributed by atoms with van der Waals surface area (Å²) in [7, 11) is 0. The third-order valence-electron chi connectivity index (χ3n) is 2.05. The minimum absolute atomic E-state index is 0.224. The van der Waals surface area contributed by atoms with Crippen LogP contribution in [0.3, 0.4) is 0 Å². The molecule has 1 aromatic rings. The van der Waals surface area contributed by atoms with Crippen LogP contribution in [0.4, 0.5) is 0 Å². The number of Topliss-reactive ketones (excluding diaryl/α,β-unsaturated/α-hetero) is 1. The molecular formula is C11H12Cl2O. The van der Waals surface area contributed by atoms with Crippen molar-refractivity contribution in [1.82, 2.24) is 0 Å². The van der Waals surface area contributed by atoms with Crippen LogP contribution >= 0.6 is 23.2 Å². The van der Waals surface area contributed by atoms with E-state index in [2.05, 4.69) is 0 Å². The van der Waals surface area contributed by atoms with Gasteiger partial charge in [-0.2, -0.15) is 0 Å². The van der Waals surface area contributed by atoms with Gasteiger partial charge < -0.3 is 0 Å². The van der Waals surface area contributed by atoms with Gasteiger partial charge in [0.25, 0.3) is 0 Å². The topological polar surface area (TPSA) is 17.1 Å². The zero-order chi connectivity index (χ0) is 10.7. The summed E-state index contributed by atoms with van der Waals surface area (Å²) in [4.78, 5) is 10.6. The van der Waals surface area contributed by atoms with Crippen molar-refractivity contribution < 1.29 is 4.79 Å². The fourth-order valence-corrected chi connectivity index (χ4v) is 1.58. The van der Waals surface area contributed by atoms with E-state index in [1.165, 1.54) is 0 Å². The molecule has 0 saturated carbocycles. The number of hydrogen-bond donors (Lipinski definition) is 0. The van der Waals surface area contributed by atoms with Crippen molar-refractivity contribution in [2.45, 2.75) is 24.6 Å². The summed E-state index contributed by atoms with van der Waals surface area (Å²) in [6.45, 7) is 4.06. The van der Waals surface area contributed by atoms with Crippen LogP contribution < -0.4 is 0 Å². The smallest absolute Gasteiger partial charge is 0.195 e. The van der Waals surface area contributed by atoms with E-state index in [1.54, 1.807) is 6.07 Å². The van der Waals surface area contributed by atoms with Crippen LogP contribution in [0.1, 0.15) is 35.7 Å². The summed E-state index contributed by atoms with van der Waals surface area (Å²) in [5.41, 5.74) is 1.61. The zero-order valence-corrected chi connectivity index (χ0v) is 9.64. The number of ketones is 1. The summed E-state index contributed by atoms with van der Waals surface area (Å²) in [6.07, 6.45) is 0. The molecule has 0 fully saturated rings. The Bertz CT molecular complexity index is 332. The Hall–Kier alpha value is -0.530. The lowest BCUT2D eigenvalue weighted by atomic mass is 9.95. The van der Waals surface area contributed by atoms with Crippen LogP contribution in [0, 0.1) is 0 Å². The van der Waals surface area contributed by atoms with Gasteiger partial charge >= 0.3 is 0 Å². The highest BCUT2D eigenvalue weighted by atomic mass is 35.5. The first-order valence-electron chi connectivity index (χ1n) is 4.45. The van der Waals surface area contributed by atoms with Crippen molar-refractivity contribution in [2.75, 3.05) is 0 Å². The third-order valence-corrected chi connectivity index (χ3v) is 2.44. The highest BCUT2D eigenvalue weighted by Crippen LogP contribution is 2.22. The number of halogens is 2. The minimum Gasteiger partial charge on any atom is -0.291 e. The summed E-state index contributed by atoms with van der Waals surface area (Å²) < 4.78 is 0. The van der Waals surface area contributed by atoms with Gasteiger partial charge in [-0.05, 0) is 11.5 Å². The fourth-order valence-electron chi connectivity index (χ4n) is 1.34. The molecule has 0 unspecified atom stereocenters. The van der Waals surface area contributed by atoms with Crippen LogP contribution in [-0.2, 0) is 0 Å². The van der Waals surface area contributed by atoms with Crippen LogP contribution in [0.25, 0.3) is 0 Å². The zero-order valence-electron chi connectivity index (χ0n) is 8.13. The summed E-state index contributed by atoms with van der Waals surface area (Å²) in [5.74, 6) is 0.0693. The second-order valence-electron chi connectivity index (χ2n) is 3.41. The molecule has 0 N–H and O–H groups in total. The average Bonchev–Trinajstić information content (AvgIpc) is 2.16. The number of benzene rings is 1. The Morgan fingerprint density at radius 2 is 1.79 bits per heavy atom. The van der Waals surface area contributed by atoms with Crippen molar-refractivity contribution >= 4 is 29.0 Å². The van der Waals surface area contributed by atoms with E-state index in [-0.39, 0.29) is 5.78 Å². The number of hydrogen-bond acceptors (Lipinski definition) is 1. The van der Waals surface area contributed by atoms with E-state index in [1.807, 2.05) is 32.0 Å². The van der Waals surface area contributed by atoms with Crippen molar-refractivity contribution in [3.8, 4) is 0 Å². The van der Waals surface area contributed by atoms with Gasteiger partial charge in [0.15, 0.2) is 10.6 Å². The number of rotatable bonds is 3. The number of carbonyl (C=O) groups excluding carboxylic acids is 1. The molecule has 0 radical (unpaired) electrons. The van der Waals surface area contributed by atoms with Gasteiger partial charge in [-0.25, -0.2) is 0 Å². The molecule has 0 aromatic heterocycles. The molecule has 0 aliphatic rings. The van der Waals surface area contributed by atoms with Crippen LogP contribution in [0.5, 0.6) is 0 Å². The van der Waals surface area contributed by atoms with Crippen LogP contribution in [0.15, 0.2) is 24.3 Å². The Balaban J connectivity index is 3.13. The van der Waals surface area contributed by atoms with Gasteiger partial charge in [-0.1, -0.05) is 61.3 Å². The van der Waals surface area contributed by atoms with E-state index >= 15 is 0 Å². The molecule has 0 amide bonds. The molecule has 1 rings (SSSR count). The quantitative estimate of drug-likeness (QED) is 0.571. The molecule has 0 atom stereocenters. The Morgan fingerprint density at radius 3 is 2.29 bits per heavy atom. The maximum absolute atomic E-state index is 11.6. The molecule has 3 heteroatoms. The second kappa shape index (κ2) is 4.81. The third kappa shape index (κ3) is 2.49. The predicted octanol–water partition coefficient (Wildman–Crippen LogP) is 3.80. The molecule has 1 aromatic carbocycles. The first-order chi connectivity index (χ1) is 6.54. The maximum Gasteiger partial charge on any atom is 0.195 e. The van der Waals surface area contributed by atoms with Crippen molar-refractivity contribution in [3.05, 3.63) is 35.4 Å². The highest BCUT2D eigenvalue weighted by Gasteiger charge is 2.18. The molecule has 1 nitrogen and oxygen atoms in total. The highest BCUT2D eigenvalue weighted by molar-refractivity contribution is 6.55. The maximum atomic E-state index is 11.6. The van der Waals surface area contributed by atoms with Gasteiger partial charge in [0.1, 0.15) is 0 Å². The molecular weight excluding hydrogens is 219 g/mol. The monoisotopic (exact) mass is 230 g/mol. The van der Waals surface area contributed by atoms with Crippen molar-refractivity contribution in [1.29, 1.82) is 0 Å². The number of alkyl halides is 2. The summed E-state index contributed by atoms with van der Waals surface area (Å²) in [6, 6.07) is 7.41. The van der Waals surface area contributed by atoms with Crippen molar-refractivity contribution in [2.24, 2.45) is 0 Å². The fraction of sp³-hybridized carbons (Fsp3) is 0.364. The summed E-state index contributed by atoms with van der Waals surface area (Å²) >= 11 is 11.1. The van der Waals surface area contributed by atoms with Gasteiger partial charge in [-0.3, -0.25) is 4.79 Å². The Morgan fingerprint density at radius 1 is 1.21 bits per heavy atom. The van der Waals surface area contributed by atoms with E-state index in [4.69, 9.17) is 23.2 Å². The summed E-state index contributed by atoms with van der Waals surface area (Å²) in [5, 5.41) is 0. The average molecular weight is 231 g/mol. The normalized spacial score (nSPS) is 11.0. The van der Waals surface area contributed by atoms with Crippen LogP contribution in [0.2, 0.25) is 0 Å². The SMILES string of the molecule is CC(C)c1ccccc1C(=O)C(Cl)Cl. The van der Waals surface area contributed by atoms with Gasteiger partial charge in [-0.15, -0.1) is 0 Å². The molecule has 0 saturated heterocycles. The Kier molecular flexibility index (Phi) is 3.97. The van der Waals surface area contributed by atoms with Gasteiger partial charge in [0.2, 0.25) is 0 Å². The lowest BCUT2D eigenvalue weighted by Crippen LogP contribution is -2.11. The van der Waals surface area contributed by atoms with Gasteiger partial charge in [0, 0.05) is 5.56 Å². The molecule has 14 heavy (non-hydrogen) atoms. The molecule has 0 heterocycles. The Labute approximate surface area is 94.0 Å². The number of carbonyl (C=O) groups is 1. The van der Waals surface area contributed by atoms with E-state index in [0.29, 0.717) is 11.5 Å². The standard InChI is InChI=1S/C11H12Cl2O/c1-7(2)8-5-3-4-6-9(8)10(14)11(12)13/h3-7,11H,1-2H3. The van der Waals surface area contributed by atoms with E-state index in [0.717, 1.165) is 5.56 Å². The molecule has 0 spiro atoms. The van der Waals surface area contributed by atoms with Gasteiger partial charge in [0.05, 0.1) is 0 Å². The molecule has 0 aliphatic heterocycles. The van der Waals surface area contributed by atoms with E-state index in [9.17, 15) is 4.79 Å². The van der Waals surface area contributed by atoms with Crippen molar-refractivity contribution in [3.63, 3.8) is 0 Å². The minimum atomic E-state index is -0.977. The van der Waals surface area contributed by atoms with Crippen LogP contribution in [-0.4, -0.2) is 10.6 Å². The first kappa shape index (κ1) is 11.5. The second-order valence-corrected chi connectivity index (χ2v) is 4.50. The lowest BCUT2D eigenvalue weighted by Gasteiger charge is -2.11. The largest absolute Gasteiger partial charge is 0.291 e. The lowest BCUT2D eigenvalue weighted by molar-refractivity contribution is 0.101. The predicted molar refractivity (Wildman–Crippen MR) is 60.4 cm³/mol.